The molecule has 3 N–H and O–H groups in total. The Morgan fingerprint density at radius 2 is 1.82 bits per heavy atom. The highest BCUT2D eigenvalue weighted by Gasteiger charge is 2.39. The number of anilines is 2. The number of nitrogens with two attached hydrogens (primary N) is 1. The molecule has 5 heterocycles. The van der Waals surface area contributed by atoms with Crippen LogP contribution in [0.2, 0.25) is 5.02 Å². The van der Waals surface area contributed by atoms with Gasteiger partial charge in [-0.2, -0.15) is 23.1 Å². The number of nitrogens with zero attached hydrogens (tertiary/aromatic N) is 4. The maximum Gasteiger partial charge on any atom is 0.418 e. The number of nitrogen functional groups attached to an aromatic ring is 1. The van der Waals surface area contributed by atoms with Gasteiger partial charge < -0.3 is 20.7 Å². The number of nitrogens with one attached hydrogen (secondary N) is 1. The van der Waals surface area contributed by atoms with Crippen LogP contribution in [0.25, 0.3) is 22.2 Å². The minimum atomic E-state index is -4.86. The lowest BCUT2D eigenvalue weighted by Crippen LogP contribution is -2.51. The molecular weight excluding hydrogens is 576 g/mol. The molecule has 3 aliphatic rings. The van der Waals surface area contributed by atoms with Crippen LogP contribution in [0.4, 0.5) is 29.2 Å². The van der Waals surface area contributed by atoms with Gasteiger partial charge in [-0.15, -0.1) is 0 Å². The van der Waals surface area contributed by atoms with Gasteiger partial charge in [-0.3, -0.25) is 0 Å². The maximum absolute atomic E-state index is 16.3. The Kier molecular flexibility index (Phi) is 6.50. The third kappa shape index (κ3) is 4.90. The van der Waals surface area contributed by atoms with E-state index in [9.17, 15) is 21.6 Å². The number of hydrogen-bond donors (Lipinski definition) is 2. The van der Waals surface area contributed by atoms with Gasteiger partial charge in [0.05, 0.1) is 40.0 Å². The lowest BCUT2D eigenvalue weighted by Gasteiger charge is -2.34. The molecule has 2 unspecified atom stereocenters. The van der Waals surface area contributed by atoms with Crippen molar-refractivity contribution in [2.45, 2.75) is 38.0 Å². The maximum atomic E-state index is 16.3. The first-order chi connectivity index (χ1) is 18.8. The summed E-state index contributed by atoms with van der Waals surface area (Å²) < 4.78 is 87.4. The Labute approximate surface area is 232 Å². The zero-order valence-corrected chi connectivity index (χ0v) is 22.8. The SMILES string of the molecule is Cc1cc(N)nc(-c2c(Cl)cc3c(N4CC5CCC(C4)N5)nc(OCC4CS(=O)(=O)C4)nc3c2F)c1C(F)(F)F. The first-order valence-electron chi connectivity index (χ1n) is 12.7. The monoisotopic (exact) mass is 600 g/mol. The van der Waals surface area contributed by atoms with E-state index in [0.717, 1.165) is 18.9 Å². The number of piperazine rings is 1. The van der Waals surface area contributed by atoms with Crippen LogP contribution < -0.4 is 20.7 Å². The minimum absolute atomic E-state index is 0.00671. The summed E-state index contributed by atoms with van der Waals surface area (Å²) >= 11 is 6.48. The predicted octanol–water partition coefficient (Wildman–Crippen LogP) is 3.76. The molecule has 40 heavy (non-hydrogen) atoms. The smallest absolute Gasteiger partial charge is 0.418 e. The van der Waals surface area contributed by atoms with Crippen LogP contribution in [-0.2, 0) is 16.0 Å². The van der Waals surface area contributed by atoms with Gasteiger partial charge in [0.2, 0.25) is 0 Å². The molecule has 3 aliphatic heterocycles. The van der Waals surface area contributed by atoms with E-state index in [2.05, 4.69) is 20.3 Å². The Morgan fingerprint density at radius 1 is 1.15 bits per heavy atom. The Balaban J connectivity index is 1.51. The standard InChI is InChI=1S/C25H25ClF4N6O3S/c1-11-4-17(31)33-22(19(11)25(28,29)30)18-16(26)5-15-21(20(18)27)34-24(39-8-12-9-40(37,38)10-12)35-23(15)36-6-13-2-3-14(7-36)32-13/h4-5,12-14,32H,2-3,6-10H2,1H3,(H2,31,33). The third-order valence-electron chi connectivity index (χ3n) is 7.54. The molecule has 1 aromatic carbocycles. The van der Waals surface area contributed by atoms with Crippen molar-refractivity contribution in [1.82, 2.24) is 20.3 Å². The molecule has 2 bridgehead atoms. The van der Waals surface area contributed by atoms with Gasteiger partial charge >= 0.3 is 12.2 Å². The van der Waals surface area contributed by atoms with Crippen molar-refractivity contribution in [3.63, 3.8) is 0 Å². The predicted molar refractivity (Wildman–Crippen MR) is 142 cm³/mol. The number of alkyl halides is 3. The summed E-state index contributed by atoms with van der Waals surface area (Å²) in [5.41, 5.74) is 2.76. The van der Waals surface area contributed by atoms with E-state index in [1.807, 2.05) is 4.90 Å². The van der Waals surface area contributed by atoms with E-state index in [1.165, 1.54) is 13.0 Å². The fourth-order valence-electron chi connectivity index (χ4n) is 5.85. The molecule has 0 radical (unpaired) electrons. The van der Waals surface area contributed by atoms with Crippen molar-refractivity contribution in [3.8, 4) is 17.3 Å². The van der Waals surface area contributed by atoms with Crippen LogP contribution in [0, 0.1) is 18.7 Å². The Hall–Kier alpha value is -2.97. The fourth-order valence-corrected chi connectivity index (χ4v) is 7.66. The molecule has 6 rings (SSSR count). The second kappa shape index (κ2) is 9.55. The molecule has 2 aromatic heterocycles. The van der Waals surface area contributed by atoms with Gasteiger partial charge in [0.1, 0.15) is 17.2 Å². The second-order valence-electron chi connectivity index (χ2n) is 10.7. The largest absolute Gasteiger partial charge is 0.463 e. The quantitative estimate of drug-likeness (QED) is 0.421. The number of ether oxygens (including phenoxy) is 1. The fraction of sp³-hybridized carbons (Fsp3) is 0.480. The summed E-state index contributed by atoms with van der Waals surface area (Å²) in [4.78, 5) is 14.5. The van der Waals surface area contributed by atoms with Gasteiger partial charge in [-0.05, 0) is 37.5 Å². The molecule has 2 atom stereocenters. The van der Waals surface area contributed by atoms with E-state index in [-0.39, 0.29) is 69.4 Å². The van der Waals surface area contributed by atoms with Crippen molar-refractivity contribution in [2.24, 2.45) is 5.92 Å². The van der Waals surface area contributed by atoms with Crippen molar-refractivity contribution in [2.75, 3.05) is 41.8 Å². The normalized spacial score (nSPS) is 22.5. The van der Waals surface area contributed by atoms with E-state index in [4.69, 9.17) is 22.1 Å². The molecule has 0 saturated carbocycles. The highest BCUT2D eigenvalue weighted by molar-refractivity contribution is 7.92. The number of hydrogen-bond acceptors (Lipinski definition) is 9. The summed E-state index contributed by atoms with van der Waals surface area (Å²) in [6.07, 6.45) is -2.94. The zero-order chi connectivity index (χ0) is 28.6. The lowest BCUT2D eigenvalue weighted by atomic mass is 9.99. The van der Waals surface area contributed by atoms with Crippen LogP contribution in [0.1, 0.15) is 24.0 Å². The van der Waals surface area contributed by atoms with Crippen LogP contribution in [0.15, 0.2) is 12.1 Å². The van der Waals surface area contributed by atoms with Crippen molar-refractivity contribution in [3.05, 3.63) is 34.1 Å². The molecule has 15 heteroatoms. The molecule has 3 fully saturated rings. The molecule has 0 aliphatic carbocycles. The van der Waals surface area contributed by atoms with Crippen LogP contribution in [0.5, 0.6) is 6.01 Å². The third-order valence-corrected chi connectivity index (χ3v) is 9.80. The molecule has 3 aromatic rings. The van der Waals surface area contributed by atoms with E-state index in [0.29, 0.717) is 18.9 Å². The second-order valence-corrected chi connectivity index (χ2v) is 13.2. The van der Waals surface area contributed by atoms with E-state index in [1.54, 1.807) is 0 Å². The van der Waals surface area contributed by atoms with Crippen molar-refractivity contribution >= 4 is 44.0 Å². The van der Waals surface area contributed by atoms with Crippen LogP contribution >= 0.6 is 11.6 Å². The summed E-state index contributed by atoms with van der Waals surface area (Å²) in [5.74, 6) is -1.35. The number of aromatic nitrogens is 3. The first kappa shape index (κ1) is 27.2. The summed E-state index contributed by atoms with van der Waals surface area (Å²) in [5, 5.41) is 3.41. The average Bonchev–Trinajstić information content (AvgIpc) is 3.17. The molecule has 0 amide bonds. The van der Waals surface area contributed by atoms with Gasteiger partial charge in [0, 0.05) is 36.5 Å². The first-order valence-corrected chi connectivity index (χ1v) is 14.9. The van der Waals surface area contributed by atoms with Crippen molar-refractivity contribution < 1.29 is 30.7 Å². The van der Waals surface area contributed by atoms with Crippen molar-refractivity contribution in [1.29, 1.82) is 0 Å². The number of pyridine rings is 1. The van der Waals surface area contributed by atoms with Crippen LogP contribution in [0.3, 0.4) is 0 Å². The molecular formula is C25H25ClF4N6O3S. The number of fused-ring (bicyclic) bond motifs is 3. The Bertz CT molecular complexity index is 1610. The lowest BCUT2D eigenvalue weighted by molar-refractivity contribution is -0.137. The van der Waals surface area contributed by atoms with E-state index < -0.39 is 38.7 Å². The molecule has 0 spiro atoms. The number of aryl methyl sites for hydroxylation is 1. The van der Waals surface area contributed by atoms with E-state index >= 15 is 4.39 Å². The minimum Gasteiger partial charge on any atom is -0.463 e. The van der Waals surface area contributed by atoms with Gasteiger partial charge in [-0.1, -0.05) is 11.6 Å². The topological polar surface area (TPSA) is 123 Å². The van der Waals surface area contributed by atoms with Gasteiger partial charge in [-0.25, -0.2) is 17.8 Å². The Morgan fingerprint density at radius 3 is 2.45 bits per heavy atom. The zero-order valence-electron chi connectivity index (χ0n) is 21.2. The number of sulfone groups is 1. The van der Waals surface area contributed by atoms with Gasteiger partial charge in [0.15, 0.2) is 15.7 Å². The average molecular weight is 601 g/mol. The summed E-state index contributed by atoms with van der Waals surface area (Å²) in [6, 6.07) is 2.59. The molecule has 3 saturated heterocycles. The number of rotatable bonds is 5. The number of halogens is 5. The number of benzene rings is 1. The summed E-state index contributed by atoms with van der Waals surface area (Å²) in [7, 11) is -3.09. The summed E-state index contributed by atoms with van der Waals surface area (Å²) in [6.45, 7) is 2.34. The van der Waals surface area contributed by atoms with Crippen LogP contribution in [-0.4, -0.2) is 66.7 Å². The highest BCUT2D eigenvalue weighted by atomic mass is 35.5. The molecule has 9 nitrogen and oxygen atoms in total. The highest BCUT2D eigenvalue weighted by Crippen LogP contribution is 2.45. The van der Waals surface area contributed by atoms with Gasteiger partial charge in [0.25, 0.3) is 0 Å². The molecule has 214 valence electrons.